The summed E-state index contributed by atoms with van der Waals surface area (Å²) >= 11 is 0. The predicted molar refractivity (Wildman–Crippen MR) is 82.3 cm³/mol. The van der Waals surface area contributed by atoms with Crippen molar-refractivity contribution in [2.24, 2.45) is 7.05 Å². The monoisotopic (exact) mass is 289 g/mol. The van der Waals surface area contributed by atoms with Crippen molar-refractivity contribution in [2.45, 2.75) is 26.4 Å². The number of phenols is 1. The van der Waals surface area contributed by atoms with Crippen molar-refractivity contribution in [1.29, 1.82) is 0 Å². The molecule has 0 aliphatic carbocycles. The lowest BCUT2D eigenvalue weighted by Crippen LogP contribution is -2.19. The van der Waals surface area contributed by atoms with E-state index in [-0.39, 0.29) is 5.75 Å². The van der Waals surface area contributed by atoms with E-state index < -0.39 is 0 Å². The molecule has 0 bridgehead atoms. The number of aryl methyl sites for hydroxylation is 1. The van der Waals surface area contributed by atoms with Gasteiger partial charge in [0.1, 0.15) is 17.3 Å². The molecular weight excluding hydrogens is 266 g/mol. The summed E-state index contributed by atoms with van der Waals surface area (Å²) in [6.45, 7) is 4.11. The van der Waals surface area contributed by atoms with Crippen LogP contribution in [0.15, 0.2) is 30.6 Å². The number of rotatable bonds is 7. The second-order valence-electron chi connectivity index (χ2n) is 5.27. The Bertz CT molecular complexity index is 581. The van der Waals surface area contributed by atoms with Crippen LogP contribution in [0.2, 0.25) is 0 Å². The number of nitrogens with zero attached hydrogens (tertiary/aromatic N) is 3. The van der Waals surface area contributed by atoms with Crippen LogP contribution in [0.5, 0.6) is 11.5 Å². The molecule has 0 fully saturated rings. The summed E-state index contributed by atoms with van der Waals surface area (Å²) in [6.07, 6.45) is 4.68. The van der Waals surface area contributed by atoms with E-state index in [0.717, 1.165) is 24.4 Å². The lowest BCUT2D eigenvalue weighted by Gasteiger charge is -2.17. The van der Waals surface area contributed by atoms with E-state index in [0.29, 0.717) is 18.9 Å². The van der Waals surface area contributed by atoms with E-state index in [4.69, 9.17) is 4.74 Å². The number of hydrogen-bond acceptors (Lipinski definition) is 4. The van der Waals surface area contributed by atoms with Gasteiger partial charge in [0.2, 0.25) is 0 Å². The minimum Gasteiger partial charge on any atom is -0.507 e. The van der Waals surface area contributed by atoms with Crippen molar-refractivity contribution < 1.29 is 9.84 Å². The van der Waals surface area contributed by atoms with Crippen LogP contribution in [-0.4, -0.2) is 33.2 Å². The molecule has 0 aliphatic heterocycles. The maximum absolute atomic E-state index is 10.1. The van der Waals surface area contributed by atoms with E-state index in [2.05, 4.69) is 16.8 Å². The van der Waals surface area contributed by atoms with Gasteiger partial charge in [-0.05, 0) is 19.5 Å². The van der Waals surface area contributed by atoms with Crippen molar-refractivity contribution in [3.63, 3.8) is 0 Å². The molecule has 1 N–H and O–H groups in total. The molecule has 0 amide bonds. The van der Waals surface area contributed by atoms with Crippen LogP contribution in [0.4, 0.5) is 0 Å². The molecule has 0 spiro atoms. The topological polar surface area (TPSA) is 50.5 Å². The quantitative estimate of drug-likeness (QED) is 0.851. The van der Waals surface area contributed by atoms with E-state index in [1.165, 1.54) is 0 Å². The summed E-state index contributed by atoms with van der Waals surface area (Å²) in [5, 5.41) is 10.1. The van der Waals surface area contributed by atoms with Crippen LogP contribution in [0.1, 0.15) is 24.7 Å². The fourth-order valence-corrected chi connectivity index (χ4v) is 2.12. The fourth-order valence-electron chi connectivity index (χ4n) is 2.12. The van der Waals surface area contributed by atoms with Crippen molar-refractivity contribution in [1.82, 2.24) is 14.5 Å². The summed E-state index contributed by atoms with van der Waals surface area (Å²) in [5.74, 6) is 1.99. The van der Waals surface area contributed by atoms with Crippen LogP contribution in [-0.2, 0) is 20.1 Å². The van der Waals surface area contributed by atoms with Gasteiger partial charge in [0.05, 0.1) is 13.2 Å². The summed E-state index contributed by atoms with van der Waals surface area (Å²) in [6, 6.07) is 5.49. The summed E-state index contributed by atoms with van der Waals surface area (Å²) in [4.78, 5) is 6.42. The Morgan fingerprint density at radius 3 is 2.76 bits per heavy atom. The second-order valence-corrected chi connectivity index (χ2v) is 5.27. The summed E-state index contributed by atoms with van der Waals surface area (Å²) < 4.78 is 7.51. The largest absolute Gasteiger partial charge is 0.507 e. The molecule has 0 aliphatic rings. The minimum atomic E-state index is 0.273. The Morgan fingerprint density at radius 1 is 1.33 bits per heavy atom. The van der Waals surface area contributed by atoms with Gasteiger partial charge in [-0.15, -0.1) is 0 Å². The number of hydrogen-bond donors (Lipinski definition) is 1. The molecule has 5 nitrogen and oxygen atoms in total. The third-order valence-electron chi connectivity index (χ3n) is 3.30. The highest BCUT2D eigenvalue weighted by Crippen LogP contribution is 2.25. The summed E-state index contributed by atoms with van der Waals surface area (Å²) in [7, 11) is 3.99. The standard InChI is InChI=1S/C16H23N3O2/c1-4-9-21-14-6-5-13(15(20)10-14)11-18(2)12-16-17-7-8-19(16)3/h5-8,10,20H,4,9,11-12H2,1-3H3. The molecule has 0 radical (unpaired) electrons. The van der Waals surface area contributed by atoms with Gasteiger partial charge in [0.15, 0.2) is 0 Å². The molecule has 5 heteroatoms. The van der Waals surface area contributed by atoms with Crippen LogP contribution in [0.25, 0.3) is 0 Å². The van der Waals surface area contributed by atoms with Gasteiger partial charge in [-0.25, -0.2) is 4.98 Å². The Morgan fingerprint density at radius 2 is 2.14 bits per heavy atom. The highest BCUT2D eigenvalue weighted by molar-refractivity contribution is 5.39. The minimum absolute atomic E-state index is 0.273. The van der Waals surface area contributed by atoms with Gasteiger partial charge < -0.3 is 14.4 Å². The smallest absolute Gasteiger partial charge is 0.123 e. The Balaban J connectivity index is 1.97. The summed E-state index contributed by atoms with van der Waals surface area (Å²) in [5.41, 5.74) is 0.885. The fraction of sp³-hybridized carbons (Fsp3) is 0.438. The van der Waals surface area contributed by atoms with Crippen molar-refractivity contribution in [3.05, 3.63) is 42.0 Å². The third kappa shape index (κ3) is 4.23. The first-order valence-electron chi connectivity index (χ1n) is 7.19. The Hall–Kier alpha value is -2.01. The van der Waals surface area contributed by atoms with Gasteiger partial charge in [-0.3, -0.25) is 4.90 Å². The molecule has 0 saturated heterocycles. The van der Waals surface area contributed by atoms with Gasteiger partial charge >= 0.3 is 0 Å². The number of aromatic hydroxyl groups is 1. The number of phenolic OH excluding ortho intramolecular Hbond substituents is 1. The molecule has 2 rings (SSSR count). The predicted octanol–water partition coefficient (Wildman–Crippen LogP) is 2.55. The van der Waals surface area contributed by atoms with Gasteiger partial charge in [0.25, 0.3) is 0 Å². The first-order chi connectivity index (χ1) is 10.1. The highest BCUT2D eigenvalue weighted by Gasteiger charge is 2.09. The molecule has 1 heterocycles. The number of aromatic nitrogens is 2. The van der Waals surface area contributed by atoms with Crippen LogP contribution in [0, 0.1) is 0 Å². The Labute approximate surface area is 125 Å². The molecule has 0 unspecified atom stereocenters. The maximum Gasteiger partial charge on any atom is 0.123 e. The molecule has 2 aromatic rings. The zero-order valence-corrected chi connectivity index (χ0v) is 12.9. The zero-order chi connectivity index (χ0) is 15.2. The van der Waals surface area contributed by atoms with Crippen LogP contribution < -0.4 is 4.74 Å². The zero-order valence-electron chi connectivity index (χ0n) is 12.9. The molecule has 1 aromatic carbocycles. The van der Waals surface area contributed by atoms with E-state index in [1.807, 2.05) is 37.0 Å². The van der Waals surface area contributed by atoms with E-state index in [1.54, 1.807) is 12.3 Å². The first-order valence-corrected chi connectivity index (χ1v) is 7.19. The Kier molecular flexibility index (Phi) is 5.22. The number of benzene rings is 1. The van der Waals surface area contributed by atoms with Gasteiger partial charge in [0, 0.05) is 37.6 Å². The maximum atomic E-state index is 10.1. The molecular formula is C16H23N3O2. The van der Waals surface area contributed by atoms with Crippen molar-refractivity contribution >= 4 is 0 Å². The average Bonchev–Trinajstić information content (AvgIpc) is 2.84. The second kappa shape index (κ2) is 7.13. The number of ether oxygens (including phenoxy) is 1. The molecule has 0 atom stereocenters. The molecule has 0 saturated carbocycles. The molecule has 114 valence electrons. The van der Waals surface area contributed by atoms with Crippen molar-refractivity contribution in [2.75, 3.05) is 13.7 Å². The van der Waals surface area contributed by atoms with Gasteiger partial charge in [-0.1, -0.05) is 13.0 Å². The molecule has 21 heavy (non-hydrogen) atoms. The van der Waals surface area contributed by atoms with E-state index >= 15 is 0 Å². The average molecular weight is 289 g/mol. The normalized spacial score (nSPS) is 11.0. The SMILES string of the molecule is CCCOc1ccc(CN(C)Cc2nccn2C)c(O)c1. The number of imidazole rings is 1. The molecule has 1 aromatic heterocycles. The third-order valence-corrected chi connectivity index (χ3v) is 3.30. The van der Waals surface area contributed by atoms with Crippen molar-refractivity contribution in [3.8, 4) is 11.5 Å². The van der Waals surface area contributed by atoms with Crippen LogP contribution in [0.3, 0.4) is 0 Å². The lowest BCUT2D eigenvalue weighted by atomic mass is 10.2. The highest BCUT2D eigenvalue weighted by atomic mass is 16.5. The van der Waals surface area contributed by atoms with E-state index in [9.17, 15) is 5.11 Å². The van der Waals surface area contributed by atoms with Gasteiger partial charge in [-0.2, -0.15) is 0 Å². The lowest BCUT2D eigenvalue weighted by molar-refractivity contribution is 0.298. The first kappa shape index (κ1) is 15.4. The van der Waals surface area contributed by atoms with Crippen LogP contribution >= 0.6 is 0 Å².